The van der Waals surface area contributed by atoms with Crippen molar-refractivity contribution in [3.05, 3.63) is 83.6 Å². The molecule has 2 heterocycles. The van der Waals surface area contributed by atoms with Crippen LogP contribution in [0.1, 0.15) is 21.7 Å². The molecular formula is C20H14FN3O2S. The number of furan rings is 1. The number of nitrogens with zero attached hydrogens (tertiary/aromatic N) is 3. The number of hydrogen-bond donors (Lipinski definition) is 0. The van der Waals surface area contributed by atoms with E-state index in [2.05, 4.69) is 10.1 Å². The highest BCUT2D eigenvalue weighted by molar-refractivity contribution is 7.22. The fourth-order valence-electron chi connectivity index (χ4n) is 2.49. The van der Waals surface area contributed by atoms with Gasteiger partial charge in [0.15, 0.2) is 0 Å². The van der Waals surface area contributed by atoms with E-state index in [-0.39, 0.29) is 0 Å². The molecule has 2 aromatic heterocycles. The van der Waals surface area contributed by atoms with Gasteiger partial charge in [0.05, 0.1) is 22.7 Å². The van der Waals surface area contributed by atoms with Gasteiger partial charge >= 0.3 is 0 Å². The van der Waals surface area contributed by atoms with Crippen LogP contribution < -0.4 is 5.01 Å². The summed E-state index contributed by atoms with van der Waals surface area (Å²) in [5.74, 6) is -0.315. The Balaban J connectivity index is 1.76. The molecule has 0 spiro atoms. The lowest BCUT2D eigenvalue weighted by molar-refractivity contribution is 0.0988. The van der Waals surface area contributed by atoms with Crippen LogP contribution in [0.25, 0.3) is 10.2 Å². The van der Waals surface area contributed by atoms with Crippen LogP contribution in [-0.2, 0) is 0 Å². The van der Waals surface area contributed by atoms with E-state index in [1.54, 1.807) is 12.1 Å². The van der Waals surface area contributed by atoms with Gasteiger partial charge in [0.2, 0.25) is 5.13 Å². The molecule has 1 amide bonds. The zero-order valence-electron chi connectivity index (χ0n) is 14.3. The number of rotatable bonds is 4. The lowest BCUT2D eigenvalue weighted by atomic mass is 10.2. The summed E-state index contributed by atoms with van der Waals surface area (Å²) in [7, 11) is 0. The molecule has 4 rings (SSSR count). The van der Waals surface area contributed by atoms with E-state index in [4.69, 9.17) is 4.42 Å². The van der Waals surface area contributed by atoms with Gasteiger partial charge in [0.25, 0.3) is 5.91 Å². The predicted octanol–water partition coefficient (Wildman–Crippen LogP) is 5.02. The van der Waals surface area contributed by atoms with Crippen molar-refractivity contribution in [3.8, 4) is 0 Å². The SMILES string of the molecule is Cc1ccc2nc(N(/N=C\c3ccco3)C(=O)c3ccc(F)cc3)sc2c1. The number of carbonyl (C=O) groups is 1. The number of carbonyl (C=O) groups excluding carboxylic acids is 1. The molecule has 5 nitrogen and oxygen atoms in total. The van der Waals surface area contributed by atoms with Crippen LogP contribution in [0.2, 0.25) is 0 Å². The van der Waals surface area contributed by atoms with E-state index in [9.17, 15) is 9.18 Å². The molecular weight excluding hydrogens is 365 g/mol. The molecule has 0 aliphatic heterocycles. The first-order valence-electron chi connectivity index (χ1n) is 8.15. The van der Waals surface area contributed by atoms with Gasteiger partial charge in [-0.2, -0.15) is 10.1 Å². The highest BCUT2D eigenvalue weighted by Crippen LogP contribution is 2.30. The molecule has 0 aliphatic rings. The van der Waals surface area contributed by atoms with Gasteiger partial charge in [-0.05, 0) is 61.0 Å². The molecule has 0 aliphatic carbocycles. The first-order valence-corrected chi connectivity index (χ1v) is 8.96. The summed E-state index contributed by atoms with van der Waals surface area (Å²) in [4.78, 5) is 17.5. The molecule has 2 aromatic carbocycles. The number of anilines is 1. The lowest BCUT2D eigenvalue weighted by Crippen LogP contribution is -2.25. The van der Waals surface area contributed by atoms with Crippen molar-refractivity contribution < 1.29 is 13.6 Å². The predicted molar refractivity (Wildman–Crippen MR) is 104 cm³/mol. The van der Waals surface area contributed by atoms with Crippen molar-refractivity contribution in [1.82, 2.24) is 4.98 Å². The van der Waals surface area contributed by atoms with Gasteiger partial charge in [-0.1, -0.05) is 17.4 Å². The smallest absolute Gasteiger partial charge is 0.280 e. The second-order valence-electron chi connectivity index (χ2n) is 5.85. The van der Waals surface area contributed by atoms with Crippen LogP contribution in [-0.4, -0.2) is 17.1 Å². The van der Waals surface area contributed by atoms with Crippen molar-refractivity contribution in [1.29, 1.82) is 0 Å². The average Bonchev–Trinajstić information content (AvgIpc) is 3.31. The molecule has 4 aromatic rings. The third kappa shape index (κ3) is 3.63. The summed E-state index contributed by atoms with van der Waals surface area (Å²) < 4.78 is 19.4. The molecule has 0 unspecified atom stereocenters. The van der Waals surface area contributed by atoms with Crippen LogP contribution >= 0.6 is 11.3 Å². The maximum Gasteiger partial charge on any atom is 0.280 e. The fourth-order valence-corrected chi connectivity index (χ4v) is 3.51. The zero-order valence-corrected chi connectivity index (χ0v) is 15.1. The van der Waals surface area contributed by atoms with Crippen LogP contribution in [0.3, 0.4) is 0 Å². The highest BCUT2D eigenvalue weighted by atomic mass is 32.1. The minimum atomic E-state index is -0.410. The number of aryl methyl sites for hydroxylation is 1. The van der Waals surface area contributed by atoms with E-state index in [1.807, 2.05) is 25.1 Å². The summed E-state index contributed by atoms with van der Waals surface area (Å²) in [5.41, 5.74) is 2.20. The normalized spacial score (nSPS) is 11.3. The Morgan fingerprint density at radius 3 is 2.78 bits per heavy atom. The molecule has 0 N–H and O–H groups in total. The molecule has 0 fully saturated rings. The zero-order chi connectivity index (χ0) is 18.8. The Morgan fingerprint density at radius 1 is 1.22 bits per heavy atom. The first-order chi connectivity index (χ1) is 13.1. The molecule has 134 valence electrons. The third-order valence-corrected chi connectivity index (χ3v) is 4.83. The Hall–Kier alpha value is -3.32. The fraction of sp³-hybridized carbons (Fsp3) is 0.0500. The average molecular weight is 379 g/mol. The Morgan fingerprint density at radius 2 is 2.04 bits per heavy atom. The number of halogens is 1. The summed E-state index contributed by atoms with van der Waals surface area (Å²) >= 11 is 1.36. The standard InChI is InChI=1S/C20H14FN3O2S/c1-13-4-9-17-18(11-13)27-20(23-17)24(22-12-16-3-2-10-26-16)19(25)14-5-7-15(21)8-6-14/h2-12H,1H3/b22-12-. The number of amides is 1. The Labute approximate surface area is 158 Å². The van der Waals surface area contributed by atoms with E-state index in [0.717, 1.165) is 15.8 Å². The summed E-state index contributed by atoms with van der Waals surface area (Å²) in [6, 6.07) is 14.7. The van der Waals surface area contributed by atoms with Gasteiger partial charge in [-0.15, -0.1) is 0 Å². The number of hydrogen-bond acceptors (Lipinski definition) is 5. The summed E-state index contributed by atoms with van der Waals surface area (Å²) in [6.45, 7) is 2.00. The van der Waals surface area contributed by atoms with E-state index in [1.165, 1.54) is 53.1 Å². The highest BCUT2D eigenvalue weighted by Gasteiger charge is 2.21. The second-order valence-corrected chi connectivity index (χ2v) is 6.86. The minimum absolute atomic E-state index is 0.309. The molecule has 27 heavy (non-hydrogen) atoms. The van der Waals surface area contributed by atoms with Crippen molar-refractivity contribution in [2.45, 2.75) is 6.92 Å². The number of benzene rings is 2. The van der Waals surface area contributed by atoms with Crippen molar-refractivity contribution >= 4 is 38.8 Å². The van der Waals surface area contributed by atoms with Crippen LogP contribution in [0.5, 0.6) is 0 Å². The van der Waals surface area contributed by atoms with Gasteiger partial charge < -0.3 is 4.42 Å². The molecule has 0 saturated heterocycles. The largest absolute Gasteiger partial charge is 0.463 e. The first kappa shape index (κ1) is 17.1. The van der Waals surface area contributed by atoms with Gasteiger partial charge in [-0.25, -0.2) is 9.37 Å². The van der Waals surface area contributed by atoms with Crippen LogP contribution in [0.15, 0.2) is 70.4 Å². The molecule has 0 radical (unpaired) electrons. The van der Waals surface area contributed by atoms with Gasteiger partial charge in [-0.3, -0.25) is 4.79 Å². The van der Waals surface area contributed by atoms with E-state index in [0.29, 0.717) is 16.5 Å². The molecule has 7 heteroatoms. The molecule has 0 atom stereocenters. The van der Waals surface area contributed by atoms with Crippen molar-refractivity contribution in [3.63, 3.8) is 0 Å². The van der Waals surface area contributed by atoms with Crippen molar-refractivity contribution in [2.24, 2.45) is 5.10 Å². The quantitative estimate of drug-likeness (QED) is 0.370. The maximum atomic E-state index is 13.2. The molecule has 0 saturated carbocycles. The van der Waals surface area contributed by atoms with Gasteiger partial charge in [0.1, 0.15) is 11.6 Å². The topological polar surface area (TPSA) is 58.7 Å². The number of thiazole rings is 1. The van der Waals surface area contributed by atoms with E-state index < -0.39 is 11.7 Å². The summed E-state index contributed by atoms with van der Waals surface area (Å²) in [6.07, 6.45) is 2.96. The van der Waals surface area contributed by atoms with E-state index >= 15 is 0 Å². The maximum absolute atomic E-state index is 13.2. The monoisotopic (exact) mass is 379 g/mol. The number of fused-ring (bicyclic) bond motifs is 1. The number of hydrazone groups is 1. The van der Waals surface area contributed by atoms with Crippen LogP contribution in [0, 0.1) is 12.7 Å². The Kier molecular flexibility index (Phi) is 4.52. The number of aromatic nitrogens is 1. The molecule has 0 bridgehead atoms. The lowest BCUT2D eigenvalue weighted by Gasteiger charge is -2.13. The minimum Gasteiger partial charge on any atom is -0.463 e. The van der Waals surface area contributed by atoms with Crippen molar-refractivity contribution in [2.75, 3.05) is 5.01 Å². The third-order valence-electron chi connectivity index (χ3n) is 3.84. The van der Waals surface area contributed by atoms with Gasteiger partial charge in [0, 0.05) is 5.56 Å². The summed E-state index contributed by atoms with van der Waals surface area (Å²) in [5, 5.41) is 5.90. The second kappa shape index (κ2) is 7.13. The Bertz CT molecular complexity index is 1120. The van der Waals surface area contributed by atoms with Crippen LogP contribution in [0.4, 0.5) is 9.52 Å².